The highest BCUT2D eigenvalue weighted by Gasteiger charge is 2.18. The topological polar surface area (TPSA) is 172 Å². The zero-order valence-electron chi connectivity index (χ0n) is 16.0. The average molecular weight is 408 g/mol. The van der Waals surface area contributed by atoms with Crippen LogP contribution in [0.15, 0.2) is 30.6 Å². The van der Waals surface area contributed by atoms with E-state index in [-0.39, 0.29) is 28.9 Å². The second kappa shape index (κ2) is 8.31. The van der Waals surface area contributed by atoms with Crippen LogP contribution in [0.25, 0.3) is 11.3 Å². The molecule has 0 aliphatic heterocycles. The number of carbonyl (C=O) groups excluding carboxylic acids is 2. The number of nitrogens with one attached hydrogen (secondary N) is 2. The summed E-state index contributed by atoms with van der Waals surface area (Å²) in [6.07, 6.45) is 3.00. The molecule has 0 aliphatic rings. The van der Waals surface area contributed by atoms with Gasteiger partial charge in [0.2, 0.25) is 5.69 Å². The molecule has 0 radical (unpaired) electrons. The van der Waals surface area contributed by atoms with Crippen molar-refractivity contribution >= 4 is 17.4 Å². The lowest BCUT2D eigenvalue weighted by molar-refractivity contribution is -0.385. The van der Waals surface area contributed by atoms with E-state index in [1.54, 1.807) is 29.9 Å². The third kappa shape index (κ3) is 4.36. The monoisotopic (exact) mass is 408 g/mol. The van der Waals surface area contributed by atoms with Gasteiger partial charge < -0.3 is 5.32 Å². The molecule has 3 heterocycles. The van der Waals surface area contributed by atoms with Crippen LogP contribution in [0.3, 0.4) is 0 Å². The summed E-state index contributed by atoms with van der Waals surface area (Å²) in [7, 11) is 0. The minimum atomic E-state index is -0.670. The number of rotatable bonds is 7. The third-order valence-electron chi connectivity index (χ3n) is 4.13. The van der Waals surface area contributed by atoms with Gasteiger partial charge in [-0.05, 0) is 19.1 Å². The maximum absolute atomic E-state index is 12.2. The first-order valence-corrected chi connectivity index (χ1v) is 8.74. The largest absolute Gasteiger partial charge is 0.346 e. The predicted molar refractivity (Wildman–Crippen MR) is 102 cm³/mol. The van der Waals surface area contributed by atoms with Gasteiger partial charge in [-0.3, -0.25) is 29.5 Å². The lowest BCUT2D eigenvalue weighted by Crippen LogP contribution is -2.36. The van der Waals surface area contributed by atoms with E-state index in [0.717, 1.165) is 0 Å². The molecule has 0 saturated heterocycles. The fourth-order valence-corrected chi connectivity index (χ4v) is 2.68. The van der Waals surface area contributed by atoms with Gasteiger partial charge in [0.25, 0.3) is 5.91 Å². The molecule has 1 amide bonds. The molecule has 3 aromatic rings. The molecule has 3 aromatic heterocycles. The van der Waals surface area contributed by atoms with Crippen LogP contribution in [0.1, 0.15) is 40.5 Å². The number of nitriles is 1. The summed E-state index contributed by atoms with van der Waals surface area (Å²) in [6.45, 7) is 3.45. The van der Waals surface area contributed by atoms with E-state index in [9.17, 15) is 19.7 Å². The number of pyridine rings is 1. The van der Waals surface area contributed by atoms with E-state index >= 15 is 0 Å². The van der Waals surface area contributed by atoms with Gasteiger partial charge in [-0.15, -0.1) is 0 Å². The fraction of sp³-hybridized carbons (Fsp3) is 0.222. The van der Waals surface area contributed by atoms with Gasteiger partial charge in [0.15, 0.2) is 5.78 Å². The molecule has 12 heteroatoms. The minimum Gasteiger partial charge on any atom is -0.346 e. The highest BCUT2D eigenvalue weighted by atomic mass is 16.6. The fourth-order valence-electron chi connectivity index (χ4n) is 2.68. The summed E-state index contributed by atoms with van der Waals surface area (Å²) in [5.41, 5.74) is 0.512. The van der Waals surface area contributed by atoms with Gasteiger partial charge >= 0.3 is 5.69 Å². The molecule has 2 N–H and O–H groups in total. The molecule has 0 spiro atoms. The van der Waals surface area contributed by atoms with Crippen molar-refractivity contribution in [1.29, 1.82) is 5.26 Å². The zero-order valence-corrected chi connectivity index (χ0v) is 16.0. The lowest BCUT2D eigenvalue weighted by Gasteiger charge is -2.13. The average Bonchev–Trinajstić information content (AvgIpc) is 3.37. The summed E-state index contributed by atoms with van der Waals surface area (Å²) in [4.78, 5) is 37.8. The lowest BCUT2D eigenvalue weighted by atomic mass is 10.2. The normalized spacial score (nSPS) is 11.5. The number of nitro groups is 1. The Morgan fingerprint density at radius 1 is 1.43 bits per heavy atom. The Labute approximate surface area is 169 Å². The van der Waals surface area contributed by atoms with Crippen molar-refractivity contribution in [3.8, 4) is 17.3 Å². The molecule has 12 nitrogen and oxygen atoms in total. The number of aromatic amines is 1. The molecule has 0 aliphatic carbocycles. The highest BCUT2D eigenvalue weighted by molar-refractivity contribution is 5.97. The van der Waals surface area contributed by atoms with E-state index < -0.39 is 16.5 Å². The molecule has 30 heavy (non-hydrogen) atoms. The van der Waals surface area contributed by atoms with Gasteiger partial charge in [0, 0.05) is 37.0 Å². The van der Waals surface area contributed by atoms with Crippen molar-refractivity contribution in [2.75, 3.05) is 0 Å². The molecule has 0 unspecified atom stereocenters. The van der Waals surface area contributed by atoms with Crippen LogP contribution in [0.4, 0.5) is 5.69 Å². The van der Waals surface area contributed by atoms with Crippen molar-refractivity contribution < 1.29 is 14.5 Å². The smallest absolute Gasteiger partial charge is 0.306 e. The van der Waals surface area contributed by atoms with Crippen LogP contribution in [-0.2, 0) is 6.54 Å². The Bertz CT molecular complexity index is 1170. The molecule has 1 atom stereocenters. The van der Waals surface area contributed by atoms with Crippen LogP contribution in [0, 0.1) is 21.4 Å². The molecule has 0 bridgehead atoms. The number of carbonyl (C=O) groups is 2. The van der Waals surface area contributed by atoms with Crippen molar-refractivity contribution in [2.45, 2.75) is 26.4 Å². The maximum atomic E-state index is 12.2. The quantitative estimate of drug-likeness (QED) is 0.336. The first-order chi connectivity index (χ1) is 14.3. The number of Topliss-reactive ketones (excluding diaryl/α,β-unsaturated/α-hetero) is 1. The van der Waals surface area contributed by atoms with E-state index in [1.165, 1.54) is 25.3 Å². The summed E-state index contributed by atoms with van der Waals surface area (Å²) in [6, 6.07) is 5.63. The van der Waals surface area contributed by atoms with Crippen LogP contribution in [0.5, 0.6) is 0 Å². The Morgan fingerprint density at radius 3 is 2.83 bits per heavy atom. The van der Waals surface area contributed by atoms with Crippen molar-refractivity contribution in [3.63, 3.8) is 0 Å². The van der Waals surface area contributed by atoms with E-state index in [1.807, 2.05) is 0 Å². The van der Waals surface area contributed by atoms with Crippen LogP contribution < -0.4 is 5.32 Å². The predicted octanol–water partition coefficient (Wildman–Crippen LogP) is 1.47. The maximum Gasteiger partial charge on any atom is 0.306 e. The number of hydrogen-bond acceptors (Lipinski definition) is 8. The molecule has 152 valence electrons. The molecule has 0 saturated carbocycles. The first-order valence-electron chi connectivity index (χ1n) is 8.74. The Hall–Kier alpha value is -4.40. The molecule has 3 rings (SSSR count). The zero-order chi connectivity index (χ0) is 21.8. The SMILES string of the molecule is CC(=O)c1cc(C(=O)N[C@H](C)Cn2ccc(-c3cnc(C#N)c([N+](=O)[O-])c3)n2)[nH]n1. The van der Waals surface area contributed by atoms with Crippen LogP contribution in [0.2, 0.25) is 0 Å². The van der Waals surface area contributed by atoms with Gasteiger partial charge in [-0.25, -0.2) is 4.98 Å². The number of ketones is 1. The Balaban J connectivity index is 1.68. The van der Waals surface area contributed by atoms with Crippen molar-refractivity contribution in [1.82, 2.24) is 30.3 Å². The third-order valence-corrected chi connectivity index (χ3v) is 4.13. The summed E-state index contributed by atoms with van der Waals surface area (Å²) >= 11 is 0. The number of nitrogens with zero attached hydrogens (tertiary/aromatic N) is 6. The van der Waals surface area contributed by atoms with E-state index in [4.69, 9.17) is 5.26 Å². The molecular weight excluding hydrogens is 392 g/mol. The van der Waals surface area contributed by atoms with E-state index in [2.05, 4.69) is 25.6 Å². The van der Waals surface area contributed by atoms with E-state index in [0.29, 0.717) is 17.8 Å². The molecular formula is C18H16N8O4. The Morgan fingerprint density at radius 2 is 2.20 bits per heavy atom. The number of amides is 1. The highest BCUT2D eigenvalue weighted by Crippen LogP contribution is 2.23. The number of H-pyrrole nitrogens is 1. The molecule has 0 fully saturated rings. The second-order valence-corrected chi connectivity index (χ2v) is 6.48. The summed E-state index contributed by atoms with van der Waals surface area (Å²) in [5.74, 6) is -0.665. The number of aromatic nitrogens is 5. The standard InChI is InChI=1S/C18H16N8O4/c1-10(21-18(28)15-6-14(11(2)27)22-23-15)9-25-4-3-13(24-25)12-5-17(26(29)30)16(7-19)20-8-12/h3-6,8,10H,9H2,1-2H3,(H,21,28)(H,22,23)/t10-/m1/s1. The molecule has 0 aromatic carbocycles. The Kier molecular flexibility index (Phi) is 5.63. The summed E-state index contributed by atoms with van der Waals surface area (Å²) in [5, 5.41) is 33.4. The van der Waals surface area contributed by atoms with Gasteiger partial charge in [0.1, 0.15) is 17.5 Å². The van der Waals surface area contributed by atoms with Gasteiger partial charge in [0.05, 0.1) is 17.2 Å². The van der Waals surface area contributed by atoms with Gasteiger partial charge in [-0.1, -0.05) is 0 Å². The number of hydrogen-bond donors (Lipinski definition) is 2. The van der Waals surface area contributed by atoms with Crippen LogP contribution in [-0.4, -0.2) is 47.6 Å². The van der Waals surface area contributed by atoms with Crippen molar-refractivity contribution in [2.24, 2.45) is 0 Å². The minimum absolute atomic E-state index is 0.171. The summed E-state index contributed by atoms with van der Waals surface area (Å²) < 4.78 is 1.57. The van der Waals surface area contributed by atoms with Gasteiger partial charge in [-0.2, -0.15) is 15.5 Å². The second-order valence-electron chi connectivity index (χ2n) is 6.48. The van der Waals surface area contributed by atoms with Crippen molar-refractivity contribution in [3.05, 3.63) is 57.8 Å². The first kappa shape index (κ1) is 20.3. The van der Waals surface area contributed by atoms with Crippen LogP contribution >= 0.6 is 0 Å².